The lowest BCUT2D eigenvalue weighted by molar-refractivity contribution is 0.101. The summed E-state index contributed by atoms with van der Waals surface area (Å²) in [7, 11) is -2.26. The molecule has 0 aliphatic carbocycles. The zero-order chi connectivity index (χ0) is 20.1. The lowest BCUT2D eigenvalue weighted by Crippen LogP contribution is -2.43. The molecule has 2 aliphatic heterocycles. The van der Waals surface area contributed by atoms with Crippen LogP contribution in [0, 0.1) is 18.7 Å². The molecule has 2 atom stereocenters. The van der Waals surface area contributed by atoms with Crippen molar-refractivity contribution in [3.63, 3.8) is 0 Å². The van der Waals surface area contributed by atoms with Crippen molar-refractivity contribution in [1.82, 2.24) is 14.6 Å². The van der Waals surface area contributed by atoms with Gasteiger partial charge in [0.1, 0.15) is 10.7 Å². The minimum absolute atomic E-state index is 0.0247. The van der Waals surface area contributed by atoms with E-state index in [-0.39, 0.29) is 40.7 Å². The Morgan fingerprint density at radius 2 is 2.14 bits per heavy atom. The van der Waals surface area contributed by atoms with Gasteiger partial charge in [0.25, 0.3) is 5.91 Å². The fraction of sp³-hybridized carbons (Fsp3) is 0.389. The van der Waals surface area contributed by atoms with Gasteiger partial charge in [0.15, 0.2) is 11.4 Å². The molecule has 8 nitrogen and oxygen atoms in total. The minimum atomic E-state index is -3.84. The summed E-state index contributed by atoms with van der Waals surface area (Å²) in [6, 6.07) is 3.96. The maximum absolute atomic E-state index is 13.5. The molecule has 28 heavy (non-hydrogen) atoms. The smallest absolute Gasteiger partial charge is 0.276 e. The molecule has 0 radical (unpaired) electrons. The maximum atomic E-state index is 13.5. The summed E-state index contributed by atoms with van der Waals surface area (Å²) >= 11 is 0. The number of nitrogens with zero attached hydrogens (tertiary/aromatic N) is 1. The highest BCUT2D eigenvalue weighted by molar-refractivity contribution is 7.89. The summed E-state index contributed by atoms with van der Waals surface area (Å²) in [6.07, 6.45) is 1.37. The van der Waals surface area contributed by atoms with Crippen molar-refractivity contribution in [3.8, 4) is 5.75 Å². The number of ether oxygens (including phenoxy) is 1. The van der Waals surface area contributed by atoms with Gasteiger partial charge < -0.3 is 19.9 Å². The number of benzene rings is 1. The maximum Gasteiger partial charge on any atom is 0.276 e. The molecule has 1 fully saturated rings. The van der Waals surface area contributed by atoms with Crippen LogP contribution in [0.3, 0.4) is 0 Å². The highest BCUT2D eigenvalue weighted by Gasteiger charge is 2.38. The van der Waals surface area contributed by atoms with E-state index in [1.165, 1.54) is 29.0 Å². The summed E-state index contributed by atoms with van der Waals surface area (Å²) < 4.78 is 49.0. The van der Waals surface area contributed by atoms with Gasteiger partial charge in [-0.15, -0.1) is 0 Å². The predicted molar refractivity (Wildman–Crippen MR) is 100 cm³/mol. The molecule has 0 saturated carbocycles. The predicted octanol–water partition coefficient (Wildman–Crippen LogP) is 0.984. The molecular formula is C18H21FN4O4S. The molecular weight excluding hydrogens is 387 g/mol. The number of aromatic nitrogens is 1. The second kappa shape index (κ2) is 6.87. The first-order valence-electron chi connectivity index (χ1n) is 8.89. The number of carbonyl (C=O) groups is 1. The van der Waals surface area contributed by atoms with Gasteiger partial charge in [0.2, 0.25) is 10.0 Å². The molecule has 150 valence electrons. The topological polar surface area (TPSA) is 101 Å². The van der Waals surface area contributed by atoms with Crippen LogP contribution in [0.25, 0.3) is 0 Å². The molecule has 1 aromatic heterocycles. The van der Waals surface area contributed by atoms with Gasteiger partial charge in [0.05, 0.1) is 6.61 Å². The first kappa shape index (κ1) is 18.9. The SMILES string of the molecule is Cc1cc(NC(=O)c2c3c(cn2C)S(=O)(=O)N[C@H]2CNC[C@@H]2CO3)ccc1F. The number of hydrogen-bond acceptors (Lipinski definition) is 5. The molecule has 0 bridgehead atoms. The van der Waals surface area contributed by atoms with E-state index < -0.39 is 15.9 Å². The van der Waals surface area contributed by atoms with Crippen LogP contribution < -0.4 is 20.1 Å². The van der Waals surface area contributed by atoms with Crippen LogP contribution in [0.2, 0.25) is 0 Å². The van der Waals surface area contributed by atoms with Crippen LogP contribution in [0.1, 0.15) is 16.1 Å². The second-order valence-electron chi connectivity index (χ2n) is 7.16. The Bertz CT molecular complexity index is 1050. The van der Waals surface area contributed by atoms with Crippen molar-refractivity contribution in [3.05, 3.63) is 41.5 Å². The molecule has 1 aromatic carbocycles. The van der Waals surface area contributed by atoms with Crippen molar-refractivity contribution in [2.45, 2.75) is 17.9 Å². The van der Waals surface area contributed by atoms with E-state index >= 15 is 0 Å². The van der Waals surface area contributed by atoms with Gasteiger partial charge in [-0.05, 0) is 30.7 Å². The van der Waals surface area contributed by atoms with Gasteiger partial charge in [-0.2, -0.15) is 0 Å². The number of amides is 1. The van der Waals surface area contributed by atoms with E-state index in [1.807, 2.05) is 0 Å². The van der Waals surface area contributed by atoms with Crippen LogP contribution in [0.15, 0.2) is 29.3 Å². The number of nitrogens with one attached hydrogen (secondary N) is 3. The van der Waals surface area contributed by atoms with E-state index in [0.29, 0.717) is 24.3 Å². The Morgan fingerprint density at radius 3 is 2.89 bits per heavy atom. The fourth-order valence-electron chi connectivity index (χ4n) is 3.58. The second-order valence-corrected chi connectivity index (χ2v) is 8.84. The lowest BCUT2D eigenvalue weighted by atomic mass is 10.1. The van der Waals surface area contributed by atoms with Crippen LogP contribution in [-0.2, 0) is 17.1 Å². The van der Waals surface area contributed by atoms with Crippen LogP contribution >= 0.6 is 0 Å². The molecule has 1 amide bonds. The summed E-state index contributed by atoms with van der Waals surface area (Å²) in [5, 5.41) is 5.82. The highest BCUT2D eigenvalue weighted by atomic mass is 32.2. The highest BCUT2D eigenvalue weighted by Crippen LogP contribution is 2.33. The molecule has 3 N–H and O–H groups in total. The van der Waals surface area contributed by atoms with Crippen molar-refractivity contribution in [2.75, 3.05) is 25.0 Å². The van der Waals surface area contributed by atoms with Crippen molar-refractivity contribution < 1.29 is 22.3 Å². The van der Waals surface area contributed by atoms with E-state index in [2.05, 4.69) is 15.4 Å². The number of hydrogen-bond donors (Lipinski definition) is 3. The summed E-state index contributed by atoms with van der Waals surface area (Å²) in [5.41, 5.74) is 0.889. The first-order valence-corrected chi connectivity index (χ1v) is 10.4. The number of sulfonamides is 1. The van der Waals surface area contributed by atoms with Crippen LogP contribution in [0.4, 0.5) is 10.1 Å². The van der Waals surface area contributed by atoms with Crippen molar-refractivity contribution in [2.24, 2.45) is 13.0 Å². The Labute approximate surface area is 162 Å². The molecule has 1 saturated heterocycles. The summed E-state index contributed by atoms with van der Waals surface area (Å²) in [6.45, 7) is 3.04. The number of halogens is 1. The molecule has 0 spiro atoms. The van der Waals surface area contributed by atoms with Gasteiger partial charge in [-0.1, -0.05) is 0 Å². The molecule has 0 unspecified atom stereocenters. The summed E-state index contributed by atoms with van der Waals surface area (Å²) in [4.78, 5) is 12.8. The molecule has 10 heteroatoms. The van der Waals surface area contributed by atoms with Gasteiger partial charge in [-0.3, -0.25) is 4.79 Å². The Balaban J connectivity index is 1.70. The largest absolute Gasteiger partial charge is 0.489 e. The molecule has 2 aliphatic rings. The zero-order valence-electron chi connectivity index (χ0n) is 15.5. The van der Waals surface area contributed by atoms with Crippen molar-refractivity contribution >= 4 is 21.6 Å². The zero-order valence-corrected chi connectivity index (χ0v) is 16.3. The molecule has 2 aromatic rings. The number of rotatable bonds is 2. The molecule has 4 rings (SSSR count). The van der Waals surface area contributed by atoms with Crippen LogP contribution in [0.5, 0.6) is 5.75 Å². The van der Waals surface area contributed by atoms with E-state index in [0.717, 1.165) is 0 Å². The number of anilines is 1. The quantitative estimate of drug-likeness (QED) is 0.688. The average Bonchev–Trinajstić information content (AvgIpc) is 3.18. The third kappa shape index (κ3) is 3.27. The minimum Gasteiger partial charge on any atom is -0.489 e. The monoisotopic (exact) mass is 408 g/mol. The van der Waals surface area contributed by atoms with Gasteiger partial charge in [-0.25, -0.2) is 17.5 Å². The number of fused-ring (bicyclic) bond motifs is 2. The van der Waals surface area contributed by atoms with Gasteiger partial charge >= 0.3 is 0 Å². The van der Waals surface area contributed by atoms with Gasteiger partial charge in [0, 0.05) is 44.0 Å². The first-order chi connectivity index (χ1) is 13.3. The third-order valence-corrected chi connectivity index (χ3v) is 6.59. The van der Waals surface area contributed by atoms with Crippen LogP contribution in [-0.4, -0.2) is 44.6 Å². The molecule has 3 heterocycles. The normalized spacial score (nSPS) is 23.1. The van der Waals surface area contributed by atoms with E-state index in [9.17, 15) is 17.6 Å². The fourth-order valence-corrected chi connectivity index (χ4v) is 5.08. The average molecular weight is 408 g/mol. The Hall–Kier alpha value is -2.43. The Morgan fingerprint density at radius 1 is 1.36 bits per heavy atom. The van der Waals surface area contributed by atoms with E-state index in [4.69, 9.17) is 4.74 Å². The third-order valence-electron chi connectivity index (χ3n) is 5.11. The Kier molecular flexibility index (Phi) is 4.64. The van der Waals surface area contributed by atoms with Crippen molar-refractivity contribution in [1.29, 1.82) is 0 Å². The van der Waals surface area contributed by atoms with E-state index in [1.54, 1.807) is 14.0 Å². The lowest BCUT2D eigenvalue weighted by Gasteiger charge is -2.24. The number of carbonyl (C=O) groups excluding carboxylic acids is 1. The number of aryl methyl sites for hydroxylation is 2. The standard InChI is InChI=1S/C18H21FN4O4S/c1-10-5-12(3-4-13(10)19)21-18(24)16-17-15(8-23(16)2)28(25,26)22-14-7-20-6-11(14)9-27-17/h3-5,8,11,14,20,22H,6-7,9H2,1-2H3,(H,21,24)/t11-,14+/m1/s1. The summed E-state index contributed by atoms with van der Waals surface area (Å²) in [5.74, 6) is -0.913.